The third kappa shape index (κ3) is 5.34. The number of benzene rings is 1. The molecule has 0 saturated carbocycles. The first-order valence-electron chi connectivity index (χ1n) is 11.0. The van der Waals surface area contributed by atoms with Crippen molar-refractivity contribution in [1.82, 2.24) is 9.55 Å². The van der Waals surface area contributed by atoms with Crippen LogP contribution in [0.4, 0.5) is 0 Å². The van der Waals surface area contributed by atoms with Crippen molar-refractivity contribution < 1.29 is 32.7 Å². The van der Waals surface area contributed by atoms with E-state index >= 15 is 0 Å². The molecule has 0 amide bonds. The maximum absolute atomic E-state index is 13.5. The Labute approximate surface area is 208 Å². The van der Waals surface area contributed by atoms with Gasteiger partial charge in [-0.25, -0.2) is 9.36 Å². The number of hydrogen-bond acceptors (Lipinski definition) is 11. The summed E-state index contributed by atoms with van der Waals surface area (Å²) in [4.78, 5) is 25.8. The monoisotopic (exact) mass is 544 g/mol. The molecule has 0 aliphatic carbocycles. The third-order valence-electron chi connectivity index (χ3n) is 5.99. The molecule has 35 heavy (non-hydrogen) atoms. The summed E-state index contributed by atoms with van der Waals surface area (Å²) in [7, 11) is -0.876. The van der Waals surface area contributed by atoms with Gasteiger partial charge in [-0.1, -0.05) is 51.9 Å². The van der Waals surface area contributed by atoms with Crippen LogP contribution in [0.25, 0.3) is 0 Å². The smallest absolute Gasteiger partial charge is 0.383 e. The van der Waals surface area contributed by atoms with Crippen LogP contribution < -0.4 is 11.2 Å². The van der Waals surface area contributed by atoms with Crippen LogP contribution in [0.1, 0.15) is 18.7 Å². The fourth-order valence-corrected chi connectivity index (χ4v) is 8.39. The fraction of sp³-hybridized carbons (Fsp3) is 0.524. The standard InChI is InChI=1S/C21H25N2O9PS2/c1-21(26)18-14(30-19(21)23-8-7-17(24)22-20(23)25)10-29-33(27,32-18)31-16-12-35-34-11-15(16)28-9-13-5-3-2-4-6-13/h2-8,14-16,18-19,26H,9-12H2,1H3,(H,22,24,25)/t14?,15-,16?,18+,19+,21+,33?/m0/s1. The van der Waals surface area contributed by atoms with Crippen LogP contribution in [0, 0.1) is 0 Å². The van der Waals surface area contributed by atoms with Crippen molar-refractivity contribution in [2.45, 2.75) is 49.8 Å². The van der Waals surface area contributed by atoms with Crippen LogP contribution in [0.2, 0.25) is 0 Å². The molecule has 2 N–H and O–H groups in total. The molecule has 11 nitrogen and oxygen atoms in total. The number of aromatic nitrogens is 2. The Balaban J connectivity index is 1.29. The Kier molecular flexibility index (Phi) is 7.33. The lowest BCUT2D eigenvalue weighted by atomic mass is 9.96. The second-order valence-electron chi connectivity index (χ2n) is 8.59. The van der Waals surface area contributed by atoms with Gasteiger partial charge in [-0.3, -0.25) is 27.9 Å². The lowest BCUT2D eigenvalue weighted by molar-refractivity contribution is -0.0983. The third-order valence-corrected chi connectivity index (χ3v) is 9.89. The lowest BCUT2D eigenvalue weighted by Gasteiger charge is -2.38. The number of H-pyrrole nitrogens is 1. The summed E-state index contributed by atoms with van der Waals surface area (Å²) in [6.07, 6.45) is -2.77. The number of aromatic amines is 1. The number of phosphoric acid groups is 1. The largest absolute Gasteiger partial charge is 0.475 e. The van der Waals surface area contributed by atoms with E-state index < -0.39 is 49.2 Å². The molecule has 190 valence electrons. The average Bonchev–Trinajstić information content (AvgIpc) is 3.08. The van der Waals surface area contributed by atoms with E-state index in [0.717, 1.165) is 16.2 Å². The topological polar surface area (TPSA) is 138 Å². The fourth-order valence-electron chi connectivity index (χ4n) is 4.18. The molecule has 0 bridgehead atoms. The molecular weight excluding hydrogens is 519 g/mol. The molecule has 3 aliphatic rings. The molecule has 3 fully saturated rings. The number of nitrogens with zero attached hydrogens (tertiary/aromatic N) is 1. The number of hydrogen-bond donors (Lipinski definition) is 2. The van der Waals surface area contributed by atoms with E-state index in [9.17, 15) is 19.3 Å². The Morgan fingerprint density at radius 1 is 1.20 bits per heavy atom. The van der Waals surface area contributed by atoms with Crippen molar-refractivity contribution in [2.75, 3.05) is 18.1 Å². The summed E-state index contributed by atoms with van der Waals surface area (Å²) >= 11 is 0. The van der Waals surface area contributed by atoms with Crippen LogP contribution >= 0.6 is 29.4 Å². The van der Waals surface area contributed by atoms with Gasteiger partial charge in [0.05, 0.1) is 19.3 Å². The molecule has 5 rings (SSSR count). The second kappa shape index (κ2) is 10.2. The van der Waals surface area contributed by atoms with E-state index in [1.54, 1.807) is 21.6 Å². The van der Waals surface area contributed by atoms with Gasteiger partial charge in [-0.15, -0.1) is 0 Å². The minimum absolute atomic E-state index is 0.170. The molecule has 1 aromatic carbocycles. The highest BCUT2D eigenvalue weighted by Crippen LogP contribution is 2.60. The Hall–Kier alpha value is -1.41. The molecule has 0 radical (unpaired) electrons. The zero-order valence-electron chi connectivity index (χ0n) is 18.7. The van der Waals surface area contributed by atoms with E-state index in [-0.39, 0.29) is 12.7 Å². The zero-order valence-corrected chi connectivity index (χ0v) is 21.2. The van der Waals surface area contributed by atoms with Crippen molar-refractivity contribution in [3.63, 3.8) is 0 Å². The summed E-state index contributed by atoms with van der Waals surface area (Å²) in [5.41, 5.74) is -2.09. The number of ether oxygens (including phenoxy) is 2. The number of nitrogens with one attached hydrogen (secondary N) is 1. The SMILES string of the molecule is C[C@@]1(O)[C@@H]2OP(=O)(OC3CSSC[C@@H]3OCc3ccccc3)OCC2O[C@H]1n1ccc(=O)[nH]c1=O. The van der Waals surface area contributed by atoms with Gasteiger partial charge in [0.1, 0.15) is 23.9 Å². The number of fused-ring (bicyclic) bond motifs is 1. The van der Waals surface area contributed by atoms with Crippen LogP contribution in [-0.4, -0.2) is 62.8 Å². The summed E-state index contributed by atoms with van der Waals surface area (Å²) in [5, 5.41) is 11.2. The summed E-state index contributed by atoms with van der Waals surface area (Å²) in [6.45, 7) is 1.62. The van der Waals surface area contributed by atoms with Crippen LogP contribution in [0.5, 0.6) is 0 Å². The Bertz CT molecular complexity index is 1210. The van der Waals surface area contributed by atoms with Crippen molar-refractivity contribution in [3.05, 3.63) is 69.0 Å². The summed E-state index contributed by atoms with van der Waals surface area (Å²) in [5.74, 6) is 1.14. The Morgan fingerprint density at radius 2 is 1.94 bits per heavy atom. The second-order valence-corrected chi connectivity index (χ2v) is 12.7. The van der Waals surface area contributed by atoms with E-state index in [1.807, 2.05) is 30.3 Å². The van der Waals surface area contributed by atoms with Crippen LogP contribution in [0.3, 0.4) is 0 Å². The first-order chi connectivity index (χ1) is 16.7. The summed E-state index contributed by atoms with van der Waals surface area (Å²) < 4.78 is 43.5. The van der Waals surface area contributed by atoms with Gasteiger partial charge in [-0.2, -0.15) is 0 Å². The van der Waals surface area contributed by atoms with Gasteiger partial charge in [0.15, 0.2) is 6.23 Å². The van der Waals surface area contributed by atoms with Gasteiger partial charge in [0, 0.05) is 23.8 Å². The maximum atomic E-state index is 13.5. The van der Waals surface area contributed by atoms with Crippen LogP contribution in [0.15, 0.2) is 52.2 Å². The molecular formula is C21H25N2O9PS2. The average molecular weight is 545 g/mol. The molecule has 3 aliphatic heterocycles. The van der Waals surface area contributed by atoms with Gasteiger partial charge in [0.25, 0.3) is 5.56 Å². The van der Waals surface area contributed by atoms with Gasteiger partial charge < -0.3 is 14.6 Å². The maximum Gasteiger partial charge on any atom is 0.475 e. The highest BCUT2D eigenvalue weighted by Gasteiger charge is 2.60. The highest BCUT2D eigenvalue weighted by atomic mass is 33.1. The number of aliphatic hydroxyl groups is 1. The van der Waals surface area contributed by atoms with Crippen molar-refractivity contribution in [2.24, 2.45) is 0 Å². The predicted molar refractivity (Wildman–Crippen MR) is 129 cm³/mol. The first kappa shape index (κ1) is 25.2. The van der Waals surface area contributed by atoms with Crippen LogP contribution in [-0.2, 0) is 34.2 Å². The quantitative estimate of drug-likeness (QED) is 0.408. The normalized spacial score (nSPS) is 37.1. The van der Waals surface area contributed by atoms with E-state index in [1.165, 1.54) is 13.1 Å². The van der Waals surface area contributed by atoms with Crippen molar-refractivity contribution in [3.8, 4) is 0 Å². The molecule has 7 atom stereocenters. The molecule has 3 unspecified atom stereocenters. The van der Waals surface area contributed by atoms with Crippen molar-refractivity contribution in [1.29, 1.82) is 0 Å². The minimum atomic E-state index is -4.09. The molecule has 1 aromatic heterocycles. The lowest BCUT2D eigenvalue weighted by Crippen LogP contribution is -2.49. The molecule has 14 heteroatoms. The highest BCUT2D eigenvalue weighted by molar-refractivity contribution is 8.76. The molecule has 4 heterocycles. The number of rotatable bonds is 6. The summed E-state index contributed by atoms with van der Waals surface area (Å²) in [6, 6.07) is 10.9. The van der Waals surface area contributed by atoms with Gasteiger partial charge in [0.2, 0.25) is 0 Å². The number of phosphoric ester groups is 1. The molecule has 3 saturated heterocycles. The van der Waals surface area contributed by atoms with Crippen molar-refractivity contribution >= 4 is 29.4 Å². The first-order valence-corrected chi connectivity index (χ1v) is 14.9. The predicted octanol–water partition coefficient (Wildman–Crippen LogP) is 2.07. The van der Waals surface area contributed by atoms with E-state index in [0.29, 0.717) is 18.1 Å². The zero-order chi connectivity index (χ0) is 24.6. The van der Waals surface area contributed by atoms with E-state index in [2.05, 4.69) is 4.98 Å². The minimum Gasteiger partial charge on any atom is -0.383 e. The Morgan fingerprint density at radius 3 is 2.69 bits per heavy atom. The van der Waals surface area contributed by atoms with Gasteiger partial charge in [-0.05, 0) is 12.5 Å². The van der Waals surface area contributed by atoms with E-state index in [4.69, 9.17) is 23.0 Å². The molecule has 2 aromatic rings. The van der Waals surface area contributed by atoms with Gasteiger partial charge >= 0.3 is 13.5 Å². The molecule has 0 spiro atoms.